The van der Waals surface area contributed by atoms with E-state index in [0.29, 0.717) is 30.2 Å². The second-order valence-electron chi connectivity index (χ2n) is 7.37. The number of aromatic nitrogens is 4. The highest BCUT2D eigenvalue weighted by atomic mass is 16.2. The highest BCUT2D eigenvalue weighted by Gasteiger charge is 2.29. The van der Waals surface area contributed by atoms with Gasteiger partial charge < -0.3 is 15.2 Å². The number of benzene rings is 1. The lowest BCUT2D eigenvalue weighted by Crippen LogP contribution is -2.43. The summed E-state index contributed by atoms with van der Waals surface area (Å²) in [6, 6.07) is 10.0. The maximum absolute atomic E-state index is 13.0. The van der Waals surface area contributed by atoms with Crippen LogP contribution < -0.4 is 21.9 Å². The van der Waals surface area contributed by atoms with Crippen molar-refractivity contribution in [3.8, 4) is 0 Å². The third-order valence-electron chi connectivity index (χ3n) is 5.05. The molecular weight excluding hydrogens is 360 g/mol. The lowest BCUT2D eigenvalue weighted by atomic mass is 10.1. The van der Waals surface area contributed by atoms with Crippen molar-refractivity contribution in [2.45, 2.75) is 26.6 Å². The van der Waals surface area contributed by atoms with Crippen LogP contribution >= 0.6 is 0 Å². The van der Waals surface area contributed by atoms with Gasteiger partial charge in [0.25, 0.3) is 5.56 Å². The number of fused-ring (bicyclic) bond motifs is 3. The van der Waals surface area contributed by atoms with Crippen molar-refractivity contribution in [3.05, 3.63) is 56.7 Å². The van der Waals surface area contributed by atoms with Gasteiger partial charge in [-0.15, -0.1) is 0 Å². The molecule has 0 radical (unpaired) electrons. The van der Waals surface area contributed by atoms with E-state index in [1.807, 2.05) is 34.9 Å². The van der Waals surface area contributed by atoms with Crippen LogP contribution in [0.25, 0.3) is 11.2 Å². The molecule has 0 fully saturated rings. The Morgan fingerprint density at radius 1 is 1.21 bits per heavy atom. The van der Waals surface area contributed by atoms with Gasteiger partial charge in [-0.3, -0.25) is 14.2 Å². The van der Waals surface area contributed by atoms with Crippen molar-refractivity contribution in [1.82, 2.24) is 18.7 Å². The van der Waals surface area contributed by atoms with Crippen LogP contribution in [0.4, 0.5) is 5.95 Å². The molecule has 0 bridgehead atoms. The van der Waals surface area contributed by atoms with Gasteiger partial charge in [-0.25, -0.2) is 9.36 Å². The van der Waals surface area contributed by atoms with Crippen molar-refractivity contribution in [3.63, 3.8) is 0 Å². The average molecular weight is 382 g/mol. The molecule has 0 unspecified atom stereocenters. The predicted octanol–water partition coefficient (Wildman–Crippen LogP) is 0.0383. The topological polar surface area (TPSA) is 108 Å². The van der Waals surface area contributed by atoms with Gasteiger partial charge in [-0.2, -0.15) is 4.98 Å². The largest absolute Gasteiger partial charge is 0.368 e. The summed E-state index contributed by atoms with van der Waals surface area (Å²) >= 11 is 0. The number of hydrogen-bond donors (Lipinski definition) is 1. The maximum Gasteiger partial charge on any atom is 0.332 e. The minimum Gasteiger partial charge on any atom is -0.368 e. The molecule has 9 heteroatoms. The highest BCUT2D eigenvalue weighted by Crippen LogP contribution is 2.28. The van der Waals surface area contributed by atoms with Gasteiger partial charge in [-0.1, -0.05) is 37.3 Å². The Bertz CT molecular complexity index is 1170. The lowest BCUT2D eigenvalue weighted by Gasteiger charge is -2.33. The van der Waals surface area contributed by atoms with Crippen LogP contribution in [0.3, 0.4) is 0 Å². The van der Waals surface area contributed by atoms with E-state index in [1.54, 1.807) is 7.05 Å². The van der Waals surface area contributed by atoms with Crippen molar-refractivity contribution in [2.75, 3.05) is 11.4 Å². The number of primary amides is 1. The number of anilines is 1. The van der Waals surface area contributed by atoms with E-state index in [4.69, 9.17) is 5.73 Å². The summed E-state index contributed by atoms with van der Waals surface area (Å²) in [5, 5.41) is 0. The molecule has 0 spiro atoms. The number of imidazole rings is 1. The predicted molar refractivity (Wildman–Crippen MR) is 105 cm³/mol. The fraction of sp³-hybridized carbons (Fsp3) is 0.368. The summed E-state index contributed by atoms with van der Waals surface area (Å²) in [6.45, 7) is 3.71. The molecule has 1 aliphatic heterocycles. The first-order valence-electron chi connectivity index (χ1n) is 9.14. The molecular formula is C19H22N6O3. The van der Waals surface area contributed by atoms with Gasteiger partial charge in [0, 0.05) is 26.7 Å². The number of nitrogens with zero attached hydrogens (tertiary/aromatic N) is 5. The Balaban J connectivity index is 1.92. The van der Waals surface area contributed by atoms with Crippen LogP contribution in [0.2, 0.25) is 0 Å². The number of rotatable bonds is 4. The van der Waals surface area contributed by atoms with Crippen LogP contribution in [0.5, 0.6) is 0 Å². The first kappa shape index (κ1) is 18.0. The Kier molecular flexibility index (Phi) is 4.29. The molecule has 1 atom stereocenters. The normalized spacial score (nSPS) is 16.4. The quantitative estimate of drug-likeness (QED) is 0.685. The third kappa shape index (κ3) is 2.88. The van der Waals surface area contributed by atoms with Gasteiger partial charge in [0.15, 0.2) is 11.2 Å². The number of carbonyl (C=O) groups excluding carboxylic acids is 1. The zero-order chi connectivity index (χ0) is 20.0. The first-order chi connectivity index (χ1) is 13.4. The van der Waals surface area contributed by atoms with Crippen LogP contribution in [0.1, 0.15) is 12.5 Å². The second kappa shape index (κ2) is 6.66. The number of carbonyl (C=O) groups is 1. The summed E-state index contributed by atoms with van der Waals surface area (Å²) in [6.07, 6.45) is 0. The van der Waals surface area contributed by atoms with E-state index in [1.165, 1.54) is 4.57 Å². The molecule has 0 aliphatic carbocycles. The zero-order valence-electron chi connectivity index (χ0n) is 15.8. The molecule has 28 heavy (non-hydrogen) atoms. The molecule has 1 amide bonds. The van der Waals surface area contributed by atoms with Gasteiger partial charge in [-0.05, 0) is 11.5 Å². The van der Waals surface area contributed by atoms with Gasteiger partial charge >= 0.3 is 5.69 Å². The average Bonchev–Trinajstić information content (AvgIpc) is 3.04. The fourth-order valence-electron chi connectivity index (χ4n) is 3.84. The summed E-state index contributed by atoms with van der Waals surface area (Å²) in [5.74, 6) is 0.201. The van der Waals surface area contributed by atoms with Crippen LogP contribution in [0, 0.1) is 5.92 Å². The van der Waals surface area contributed by atoms with Gasteiger partial charge in [0.2, 0.25) is 11.9 Å². The minimum absolute atomic E-state index is 0.287. The number of amides is 1. The third-order valence-corrected chi connectivity index (χ3v) is 5.05. The molecule has 1 aromatic carbocycles. The molecule has 2 N–H and O–H groups in total. The minimum atomic E-state index is -0.740. The number of aryl methyl sites for hydroxylation is 1. The molecule has 0 saturated heterocycles. The molecule has 4 rings (SSSR count). The lowest BCUT2D eigenvalue weighted by molar-refractivity contribution is -0.118. The summed E-state index contributed by atoms with van der Waals surface area (Å²) in [4.78, 5) is 43.6. The van der Waals surface area contributed by atoms with Crippen molar-refractivity contribution in [2.24, 2.45) is 18.7 Å². The van der Waals surface area contributed by atoms with Gasteiger partial charge in [0.05, 0.1) is 0 Å². The van der Waals surface area contributed by atoms with Crippen molar-refractivity contribution >= 4 is 23.0 Å². The molecule has 3 aromatic rings. The van der Waals surface area contributed by atoms with E-state index in [9.17, 15) is 14.4 Å². The Morgan fingerprint density at radius 2 is 1.93 bits per heavy atom. The van der Waals surface area contributed by atoms with E-state index >= 15 is 0 Å². The SMILES string of the molecule is C[C@H]1CN(Cc2ccccc2)c2nc3c(c(=O)n(CC(N)=O)c(=O)n3C)n2C1. The standard InChI is InChI=1S/C19H22N6O3/c1-12-8-23(10-13-6-4-3-5-7-13)18-21-16-15(24(18)9-12)17(27)25(11-14(20)26)19(28)22(16)2/h3-7,12H,8-11H2,1-2H3,(H2,20,26)/t12-/m0/s1. The molecule has 9 nitrogen and oxygen atoms in total. The van der Waals surface area contributed by atoms with E-state index < -0.39 is 23.7 Å². The highest BCUT2D eigenvalue weighted by molar-refractivity contribution is 5.76. The fourth-order valence-corrected chi connectivity index (χ4v) is 3.84. The number of hydrogen-bond acceptors (Lipinski definition) is 5. The summed E-state index contributed by atoms with van der Waals surface area (Å²) in [7, 11) is 1.55. The monoisotopic (exact) mass is 382 g/mol. The smallest absolute Gasteiger partial charge is 0.332 e. The molecule has 146 valence electrons. The van der Waals surface area contributed by atoms with E-state index in [0.717, 1.165) is 16.7 Å². The maximum atomic E-state index is 13.0. The van der Waals surface area contributed by atoms with Crippen molar-refractivity contribution in [1.29, 1.82) is 0 Å². The second-order valence-corrected chi connectivity index (χ2v) is 7.37. The van der Waals surface area contributed by atoms with E-state index in [2.05, 4.69) is 16.8 Å². The van der Waals surface area contributed by atoms with Crippen molar-refractivity contribution < 1.29 is 4.79 Å². The molecule has 3 heterocycles. The van der Waals surface area contributed by atoms with Crippen LogP contribution in [0.15, 0.2) is 39.9 Å². The molecule has 1 aliphatic rings. The zero-order valence-corrected chi connectivity index (χ0v) is 15.8. The summed E-state index contributed by atoms with van der Waals surface area (Å²) < 4.78 is 4.03. The first-order valence-corrected chi connectivity index (χ1v) is 9.14. The molecule has 0 saturated carbocycles. The van der Waals surface area contributed by atoms with Gasteiger partial charge in [0.1, 0.15) is 6.54 Å². The van der Waals surface area contributed by atoms with Crippen LogP contribution in [-0.4, -0.2) is 31.1 Å². The summed E-state index contributed by atoms with van der Waals surface area (Å²) in [5.41, 5.74) is 5.86. The Hall–Kier alpha value is -3.36. The Morgan fingerprint density at radius 3 is 2.61 bits per heavy atom. The van der Waals surface area contributed by atoms with E-state index in [-0.39, 0.29) is 5.92 Å². The Labute approximate surface area is 160 Å². The number of nitrogens with two attached hydrogens (primary N) is 1. The molecule has 2 aromatic heterocycles. The van der Waals surface area contributed by atoms with Crippen LogP contribution in [-0.2, 0) is 31.5 Å².